The van der Waals surface area contributed by atoms with Crippen molar-refractivity contribution >= 4 is 0 Å². The number of hydrogen-bond acceptors (Lipinski definition) is 5. The van der Waals surface area contributed by atoms with E-state index in [1.165, 1.54) is 0 Å². The van der Waals surface area contributed by atoms with Gasteiger partial charge in [0.15, 0.2) is 0 Å². The zero-order valence-corrected chi connectivity index (χ0v) is 12.8. The van der Waals surface area contributed by atoms with Crippen molar-refractivity contribution in [1.82, 2.24) is 14.9 Å². The van der Waals surface area contributed by atoms with E-state index in [1.807, 2.05) is 29.9 Å². The van der Waals surface area contributed by atoms with Gasteiger partial charge in [0.05, 0.1) is 33.4 Å². The first-order valence-corrected chi connectivity index (χ1v) is 6.65. The molecule has 0 aliphatic rings. The quantitative estimate of drug-likeness (QED) is 0.842. The summed E-state index contributed by atoms with van der Waals surface area (Å²) in [6, 6.07) is 3.70. The Kier molecular flexibility index (Phi) is 5.05. The molecule has 1 heterocycles. The normalized spacial score (nSPS) is 10.5. The van der Waals surface area contributed by atoms with Crippen LogP contribution in [0.15, 0.2) is 24.5 Å². The molecule has 2 rings (SSSR count). The van der Waals surface area contributed by atoms with Crippen molar-refractivity contribution in [3.63, 3.8) is 0 Å². The SMILES string of the molecule is COc1cc(OC)c(CNCc2nccn2C)c(OC)c1. The number of aromatic nitrogens is 2. The van der Waals surface area contributed by atoms with Gasteiger partial charge in [0.2, 0.25) is 0 Å². The minimum absolute atomic E-state index is 0.614. The molecule has 0 aliphatic carbocycles. The van der Waals surface area contributed by atoms with Crippen molar-refractivity contribution < 1.29 is 14.2 Å². The third-order valence-corrected chi connectivity index (χ3v) is 3.32. The second kappa shape index (κ2) is 6.99. The van der Waals surface area contributed by atoms with E-state index in [2.05, 4.69) is 10.3 Å². The second-order valence-electron chi connectivity index (χ2n) is 4.57. The average Bonchev–Trinajstić information content (AvgIpc) is 2.92. The summed E-state index contributed by atoms with van der Waals surface area (Å²) >= 11 is 0. The van der Waals surface area contributed by atoms with E-state index >= 15 is 0 Å². The van der Waals surface area contributed by atoms with Crippen LogP contribution in [0, 0.1) is 0 Å². The molecule has 21 heavy (non-hydrogen) atoms. The van der Waals surface area contributed by atoms with Gasteiger partial charge in [-0.3, -0.25) is 0 Å². The summed E-state index contributed by atoms with van der Waals surface area (Å²) in [7, 11) is 6.86. The van der Waals surface area contributed by atoms with Crippen molar-refractivity contribution in [2.24, 2.45) is 7.05 Å². The van der Waals surface area contributed by atoms with Crippen LogP contribution in [-0.2, 0) is 20.1 Å². The number of imidazole rings is 1. The number of nitrogens with one attached hydrogen (secondary N) is 1. The minimum atomic E-state index is 0.614. The highest BCUT2D eigenvalue weighted by molar-refractivity contribution is 5.50. The highest BCUT2D eigenvalue weighted by atomic mass is 16.5. The monoisotopic (exact) mass is 291 g/mol. The summed E-state index contributed by atoms with van der Waals surface area (Å²) < 4.78 is 18.1. The molecule has 0 aliphatic heterocycles. The van der Waals surface area contributed by atoms with Crippen LogP contribution >= 0.6 is 0 Å². The van der Waals surface area contributed by atoms with Gasteiger partial charge in [0.1, 0.15) is 23.1 Å². The van der Waals surface area contributed by atoms with Crippen LogP contribution < -0.4 is 19.5 Å². The molecule has 0 bridgehead atoms. The molecule has 6 heteroatoms. The summed E-state index contributed by atoms with van der Waals surface area (Å²) in [5, 5.41) is 3.35. The van der Waals surface area contributed by atoms with E-state index in [0.717, 1.165) is 22.9 Å². The van der Waals surface area contributed by atoms with Gasteiger partial charge in [0.25, 0.3) is 0 Å². The van der Waals surface area contributed by atoms with Crippen molar-refractivity contribution in [2.45, 2.75) is 13.1 Å². The molecule has 0 unspecified atom stereocenters. The Morgan fingerprint density at radius 1 is 1.05 bits per heavy atom. The Hall–Kier alpha value is -2.21. The van der Waals surface area contributed by atoms with Crippen molar-refractivity contribution in [3.8, 4) is 17.2 Å². The largest absolute Gasteiger partial charge is 0.496 e. The van der Waals surface area contributed by atoms with Gasteiger partial charge in [-0.05, 0) is 0 Å². The van der Waals surface area contributed by atoms with Crippen LogP contribution in [0.3, 0.4) is 0 Å². The zero-order valence-electron chi connectivity index (χ0n) is 12.8. The summed E-state index contributed by atoms with van der Waals surface area (Å²) in [6.07, 6.45) is 3.71. The van der Waals surface area contributed by atoms with Crippen LogP contribution in [0.25, 0.3) is 0 Å². The van der Waals surface area contributed by atoms with Gasteiger partial charge in [-0.2, -0.15) is 0 Å². The molecule has 0 spiro atoms. The summed E-state index contributed by atoms with van der Waals surface area (Å²) in [5.41, 5.74) is 0.954. The van der Waals surface area contributed by atoms with Gasteiger partial charge in [0, 0.05) is 38.1 Å². The fourth-order valence-electron chi connectivity index (χ4n) is 2.12. The van der Waals surface area contributed by atoms with Crippen molar-refractivity contribution in [2.75, 3.05) is 21.3 Å². The van der Waals surface area contributed by atoms with Crippen LogP contribution in [0.4, 0.5) is 0 Å². The van der Waals surface area contributed by atoms with Crippen molar-refractivity contribution in [1.29, 1.82) is 0 Å². The summed E-state index contributed by atoms with van der Waals surface area (Å²) in [5.74, 6) is 3.15. The molecule has 0 saturated carbocycles. The third-order valence-electron chi connectivity index (χ3n) is 3.32. The Morgan fingerprint density at radius 3 is 2.19 bits per heavy atom. The van der Waals surface area contributed by atoms with Crippen molar-refractivity contribution in [3.05, 3.63) is 35.9 Å². The smallest absolute Gasteiger partial charge is 0.130 e. The van der Waals surface area contributed by atoms with Gasteiger partial charge in [-0.15, -0.1) is 0 Å². The van der Waals surface area contributed by atoms with Gasteiger partial charge < -0.3 is 24.1 Å². The molecule has 114 valence electrons. The third kappa shape index (κ3) is 3.46. The van der Waals surface area contributed by atoms with E-state index in [9.17, 15) is 0 Å². The lowest BCUT2D eigenvalue weighted by Crippen LogP contribution is -2.16. The highest BCUT2D eigenvalue weighted by Gasteiger charge is 2.13. The van der Waals surface area contributed by atoms with Crippen LogP contribution in [0.2, 0.25) is 0 Å². The van der Waals surface area contributed by atoms with Crippen LogP contribution in [0.1, 0.15) is 11.4 Å². The molecule has 2 aromatic rings. The molecular weight excluding hydrogens is 270 g/mol. The first-order chi connectivity index (χ1) is 10.2. The molecule has 1 N–H and O–H groups in total. The molecule has 1 aromatic carbocycles. The molecule has 0 radical (unpaired) electrons. The predicted molar refractivity (Wildman–Crippen MR) is 79.8 cm³/mol. The Labute approximate surface area is 124 Å². The molecule has 1 aromatic heterocycles. The van der Waals surface area contributed by atoms with Crippen LogP contribution in [0.5, 0.6) is 17.2 Å². The van der Waals surface area contributed by atoms with Gasteiger partial charge >= 0.3 is 0 Å². The molecular formula is C15H21N3O3. The summed E-state index contributed by atoms with van der Waals surface area (Å²) in [6.45, 7) is 1.28. The second-order valence-corrected chi connectivity index (χ2v) is 4.57. The standard InChI is InChI=1S/C15H21N3O3/c1-18-6-5-17-15(18)10-16-9-12-13(20-3)7-11(19-2)8-14(12)21-4/h5-8,16H,9-10H2,1-4H3. The molecule has 6 nitrogen and oxygen atoms in total. The molecule has 0 atom stereocenters. The van der Waals surface area contributed by atoms with E-state index in [0.29, 0.717) is 18.8 Å². The number of aryl methyl sites for hydroxylation is 1. The molecule has 0 amide bonds. The zero-order chi connectivity index (χ0) is 15.2. The molecule has 0 saturated heterocycles. The maximum Gasteiger partial charge on any atom is 0.130 e. The summed E-state index contributed by atoms with van der Waals surface area (Å²) in [4.78, 5) is 4.28. The fourth-order valence-corrected chi connectivity index (χ4v) is 2.12. The fraction of sp³-hybridized carbons (Fsp3) is 0.400. The maximum atomic E-state index is 5.42. The van der Waals surface area contributed by atoms with E-state index in [4.69, 9.17) is 14.2 Å². The Morgan fingerprint density at radius 2 is 1.71 bits per heavy atom. The predicted octanol–water partition coefficient (Wildman–Crippen LogP) is 1.74. The number of hydrogen-bond donors (Lipinski definition) is 1. The molecule has 0 fully saturated rings. The maximum absolute atomic E-state index is 5.42. The van der Waals surface area contributed by atoms with E-state index < -0.39 is 0 Å². The Bertz CT molecular complexity index is 571. The number of nitrogens with zero attached hydrogens (tertiary/aromatic N) is 2. The van der Waals surface area contributed by atoms with E-state index in [-0.39, 0.29) is 0 Å². The number of ether oxygens (including phenoxy) is 3. The minimum Gasteiger partial charge on any atom is -0.496 e. The first kappa shape index (κ1) is 15.2. The lowest BCUT2D eigenvalue weighted by molar-refractivity contribution is 0.366. The first-order valence-electron chi connectivity index (χ1n) is 6.65. The van der Waals surface area contributed by atoms with E-state index in [1.54, 1.807) is 27.5 Å². The number of rotatable bonds is 7. The number of benzene rings is 1. The van der Waals surface area contributed by atoms with Gasteiger partial charge in [-0.25, -0.2) is 4.98 Å². The lowest BCUT2D eigenvalue weighted by Gasteiger charge is -2.15. The average molecular weight is 291 g/mol. The highest BCUT2D eigenvalue weighted by Crippen LogP contribution is 2.33. The Balaban J connectivity index is 2.13. The number of methoxy groups -OCH3 is 3. The topological polar surface area (TPSA) is 57.5 Å². The lowest BCUT2D eigenvalue weighted by atomic mass is 10.1. The van der Waals surface area contributed by atoms with Gasteiger partial charge in [-0.1, -0.05) is 0 Å². The van der Waals surface area contributed by atoms with Crippen LogP contribution in [-0.4, -0.2) is 30.9 Å².